The van der Waals surface area contributed by atoms with E-state index >= 15 is 0 Å². The molecule has 0 spiro atoms. The van der Waals surface area contributed by atoms with E-state index in [4.69, 9.17) is 9.47 Å². The fraction of sp³-hybridized carbons (Fsp3) is 0.942. The van der Waals surface area contributed by atoms with Crippen molar-refractivity contribution < 1.29 is 44.9 Å². The molecule has 1 fully saturated rings. The molecule has 1 rings (SSSR count). The Kier molecular flexibility index (Phi) is 40.4. The van der Waals surface area contributed by atoms with Crippen LogP contribution in [0.2, 0.25) is 0 Å². The van der Waals surface area contributed by atoms with E-state index in [1.165, 1.54) is 186 Å². The van der Waals surface area contributed by atoms with Gasteiger partial charge in [0.1, 0.15) is 30.5 Å². The van der Waals surface area contributed by atoms with Crippen LogP contribution in [0, 0.1) is 0 Å². The molecule has 8 unspecified atom stereocenters. The van der Waals surface area contributed by atoms with E-state index in [0.717, 1.165) is 44.9 Å². The molecule has 10 heteroatoms. The van der Waals surface area contributed by atoms with E-state index in [1.807, 2.05) is 6.08 Å². The number of nitrogens with one attached hydrogen (secondary N) is 1. The van der Waals surface area contributed by atoms with Crippen LogP contribution >= 0.6 is 0 Å². The molecule has 1 aliphatic heterocycles. The first kappa shape index (κ1) is 58.9. The second-order valence-electron chi connectivity index (χ2n) is 18.8. The van der Waals surface area contributed by atoms with Gasteiger partial charge in [-0.3, -0.25) is 4.79 Å². The molecule has 0 aromatic rings. The molecule has 8 atom stereocenters. The molecule has 0 aromatic heterocycles. The van der Waals surface area contributed by atoms with Crippen molar-refractivity contribution in [3.05, 3.63) is 12.2 Å². The van der Waals surface area contributed by atoms with Gasteiger partial charge in [-0.15, -0.1) is 0 Å². The third-order valence-electron chi connectivity index (χ3n) is 13.0. The number of hydrogen-bond acceptors (Lipinski definition) is 9. The van der Waals surface area contributed by atoms with E-state index in [-0.39, 0.29) is 6.61 Å². The number of ether oxygens (including phenoxy) is 2. The van der Waals surface area contributed by atoms with Gasteiger partial charge in [0.2, 0.25) is 5.91 Å². The standard InChI is InChI=1S/C52H101NO9/c1-3-5-7-9-11-13-15-17-19-21-22-23-25-27-29-31-33-35-37-39-41-46(56)51(60)53-44(43-61-52-50(59)49(58)48(57)47(42-54)62-52)45(55)40-38-36-34-32-30-28-26-24-20-18-16-14-12-10-8-6-4-2/h38,40,44-50,52,54-59H,3-37,39,41-43H2,1-2H3,(H,53,60)/b40-38+. The van der Waals surface area contributed by atoms with Gasteiger partial charge in [0.25, 0.3) is 0 Å². The summed E-state index contributed by atoms with van der Waals surface area (Å²) in [4.78, 5) is 13.1. The van der Waals surface area contributed by atoms with Crippen molar-refractivity contribution in [3.8, 4) is 0 Å². The summed E-state index contributed by atoms with van der Waals surface area (Å²) in [7, 11) is 0. The molecule has 7 N–H and O–H groups in total. The van der Waals surface area contributed by atoms with Crippen molar-refractivity contribution in [2.75, 3.05) is 13.2 Å². The van der Waals surface area contributed by atoms with Gasteiger partial charge in [0.15, 0.2) is 6.29 Å². The summed E-state index contributed by atoms with van der Waals surface area (Å²) < 4.78 is 11.2. The van der Waals surface area contributed by atoms with Crippen LogP contribution in [0.4, 0.5) is 0 Å². The second kappa shape index (κ2) is 42.5. The molecule has 0 saturated carbocycles. The molecule has 62 heavy (non-hydrogen) atoms. The first-order chi connectivity index (χ1) is 30.3. The largest absolute Gasteiger partial charge is 0.394 e. The van der Waals surface area contributed by atoms with Crippen LogP contribution in [-0.4, -0.2) is 98.7 Å². The topological polar surface area (TPSA) is 169 Å². The number of aliphatic hydroxyl groups excluding tert-OH is 6. The molecular weight excluding hydrogens is 783 g/mol. The molecule has 0 aliphatic carbocycles. The van der Waals surface area contributed by atoms with Gasteiger partial charge in [0, 0.05) is 0 Å². The van der Waals surface area contributed by atoms with E-state index < -0.39 is 61.5 Å². The van der Waals surface area contributed by atoms with Crippen LogP contribution < -0.4 is 5.32 Å². The van der Waals surface area contributed by atoms with Gasteiger partial charge in [-0.2, -0.15) is 0 Å². The minimum Gasteiger partial charge on any atom is -0.394 e. The Labute approximate surface area is 380 Å². The van der Waals surface area contributed by atoms with Crippen molar-refractivity contribution in [1.82, 2.24) is 5.32 Å². The summed E-state index contributed by atoms with van der Waals surface area (Å²) in [5.74, 6) is -0.611. The molecule has 1 amide bonds. The molecule has 0 aromatic carbocycles. The molecule has 1 aliphatic rings. The monoisotopic (exact) mass is 884 g/mol. The highest BCUT2D eigenvalue weighted by molar-refractivity contribution is 5.80. The highest BCUT2D eigenvalue weighted by Crippen LogP contribution is 2.23. The molecule has 1 heterocycles. The van der Waals surface area contributed by atoms with Gasteiger partial charge in [-0.25, -0.2) is 0 Å². The van der Waals surface area contributed by atoms with Crippen molar-refractivity contribution in [2.45, 2.75) is 300 Å². The quantitative estimate of drug-likeness (QED) is 0.0232. The van der Waals surface area contributed by atoms with Crippen LogP contribution in [0.5, 0.6) is 0 Å². The molecule has 0 radical (unpaired) electrons. The number of amides is 1. The number of carbonyl (C=O) groups excluding carboxylic acids is 1. The lowest BCUT2D eigenvalue weighted by Crippen LogP contribution is -2.60. The Morgan fingerprint density at radius 3 is 1.31 bits per heavy atom. The van der Waals surface area contributed by atoms with Crippen LogP contribution in [0.3, 0.4) is 0 Å². The zero-order valence-corrected chi connectivity index (χ0v) is 40.3. The number of hydrogen-bond donors (Lipinski definition) is 7. The van der Waals surface area contributed by atoms with Crippen LogP contribution in [0.25, 0.3) is 0 Å². The SMILES string of the molecule is CCCCCCCCCCCCCCCCC/C=C/C(O)C(COC1OC(CO)C(O)C(O)C1O)NC(=O)C(O)CCCCCCCCCCCCCCCCCCCCCC. The van der Waals surface area contributed by atoms with Crippen LogP contribution in [0.1, 0.15) is 251 Å². The third kappa shape index (κ3) is 31.7. The molecular formula is C52H101NO9. The van der Waals surface area contributed by atoms with Gasteiger partial charge >= 0.3 is 0 Å². The summed E-state index contributed by atoms with van der Waals surface area (Å²) in [5, 5.41) is 64.9. The van der Waals surface area contributed by atoms with E-state index in [0.29, 0.717) is 6.42 Å². The summed E-state index contributed by atoms with van der Waals surface area (Å²) in [6.45, 7) is 3.64. The van der Waals surface area contributed by atoms with E-state index in [1.54, 1.807) is 6.08 Å². The smallest absolute Gasteiger partial charge is 0.249 e. The third-order valence-corrected chi connectivity index (χ3v) is 13.0. The average molecular weight is 884 g/mol. The van der Waals surface area contributed by atoms with Gasteiger partial charge in [-0.1, -0.05) is 244 Å². The first-order valence-corrected chi connectivity index (χ1v) is 26.5. The number of allylic oxidation sites excluding steroid dienone is 1. The van der Waals surface area contributed by atoms with Gasteiger partial charge in [0.05, 0.1) is 25.4 Å². The fourth-order valence-electron chi connectivity index (χ4n) is 8.64. The molecule has 368 valence electrons. The highest BCUT2D eigenvalue weighted by atomic mass is 16.7. The summed E-state index contributed by atoms with van der Waals surface area (Å²) >= 11 is 0. The Balaban J connectivity index is 2.32. The number of unbranched alkanes of at least 4 members (excludes halogenated alkanes) is 34. The van der Waals surface area contributed by atoms with E-state index in [2.05, 4.69) is 19.2 Å². The van der Waals surface area contributed by atoms with Crippen LogP contribution in [0.15, 0.2) is 12.2 Å². The van der Waals surface area contributed by atoms with E-state index in [9.17, 15) is 35.4 Å². The number of carbonyl (C=O) groups is 1. The van der Waals surface area contributed by atoms with Crippen molar-refractivity contribution >= 4 is 5.91 Å². The minimum atomic E-state index is -1.61. The lowest BCUT2D eigenvalue weighted by molar-refractivity contribution is -0.302. The Morgan fingerprint density at radius 2 is 0.919 bits per heavy atom. The van der Waals surface area contributed by atoms with Gasteiger partial charge in [-0.05, 0) is 19.3 Å². The highest BCUT2D eigenvalue weighted by Gasteiger charge is 2.44. The Morgan fingerprint density at radius 1 is 0.548 bits per heavy atom. The maximum Gasteiger partial charge on any atom is 0.249 e. The second-order valence-corrected chi connectivity index (χ2v) is 18.8. The Hall–Kier alpha value is -1.11. The molecule has 1 saturated heterocycles. The van der Waals surface area contributed by atoms with Crippen molar-refractivity contribution in [3.63, 3.8) is 0 Å². The predicted molar refractivity (Wildman–Crippen MR) is 255 cm³/mol. The Bertz CT molecular complexity index is 999. The fourth-order valence-corrected chi connectivity index (χ4v) is 8.64. The van der Waals surface area contributed by atoms with Crippen LogP contribution in [-0.2, 0) is 14.3 Å². The summed E-state index contributed by atoms with van der Waals surface area (Å²) in [6, 6.07) is -0.975. The predicted octanol–water partition coefficient (Wildman–Crippen LogP) is 11.0. The number of aliphatic hydroxyl groups is 6. The zero-order chi connectivity index (χ0) is 45.3. The molecule has 0 bridgehead atoms. The first-order valence-electron chi connectivity index (χ1n) is 26.5. The molecule has 10 nitrogen and oxygen atoms in total. The average Bonchev–Trinajstić information content (AvgIpc) is 3.27. The van der Waals surface area contributed by atoms with Crippen molar-refractivity contribution in [2.24, 2.45) is 0 Å². The maximum atomic E-state index is 13.1. The minimum absolute atomic E-state index is 0.301. The zero-order valence-electron chi connectivity index (χ0n) is 40.3. The van der Waals surface area contributed by atoms with Crippen molar-refractivity contribution in [1.29, 1.82) is 0 Å². The summed E-state index contributed by atoms with van der Waals surface area (Å²) in [6.07, 6.45) is 40.1. The lowest BCUT2D eigenvalue weighted by atomic mass is 9.99. The maximum absolute atomic E-state index is 13.1. The normalized spacial score (nSPS) is 20.8. The van der Waals surface area contributed by atoms with Gasteiger partial charge < -0.3 is 45.4 Å². The summed E-state index contributed by atoms with van der Waals surface area (Å²) in [5.41, 5.74) is 0. The number of rotatable bonds is 45. The lowest BCUT2D eigenvalue weighted by Gasteiger charge is -2.40.